The van der Waals surface area contributed by atoms with E-state index < -0.39 is 0 Å². The number of methoxy groups -OCH3 is 1. The highest BCUT2D eigenvalue weighted by molar-refractivity contribution is 5.68. The zero-order valence-electron chi connectivity index (χ0n) is 12.1. The number of hydrogen-bond donors (Lipinski definition) is 4. The van der Waals surface area contributed by atoms with E-state index in [0.29, 0.717) is 24.0 Å². The summed E-state index contributed by atoms with van der Waals surface area (Å²) in [6.45, 7) is 3.08. The number of aromatic nitrogens is 2. The molecular weight excluding hydrogens is 260 g/mol. The first-order chi connectivity index (χ1) is 9.69. The molecule has 0 aromatic carbocycles. The molecule has 8 heteroatoms. The van der Waals surface area contributed by atoms with E-state index in [9.17, 15) is 0 Å². The number of rotatable bonds is 10. The molecule has 0 atom stereocenters. The maximum Gasteiger partial charge on any atom is 0.244 e. The summed E-state index contributed by atoms with van der Waals surface area (Å²) in [4.78, 5) is 7.95. The summed E-state index contributed by atoms with van der Waals surface area (Å²) in [6, 6.07) is 0. The Kier molecular flexibility index (Phi) is 7.44. The average Bonchev–Trinajstić information content (AvgIpc) is 2.44. The van der Waals surface area contributed by atoms with Crippen LogP contribution in [0, 0.1) is 0 Å². The lowest BCUT2D eigenvalue weighted by atomic mass is 10.4. The van der Waals surface area contributed by atoms with Crippen molar-refractivity contribution in [3.63, 3.8) is 0 Å². The van der Waals surface area contributed by atoms with E-state index in [1.807, 2.05) is 0 Å². The van der Waals surface area contributed by atoms with Gasteiger partial charge in [-0.15, -0.1) is 0 Å². The van der Waals surface area contributed by atoms with Crippen LogP contribution in [0.1, 0.15) is 12.8 Å². The van der Waals surface area contributed by atoms with E-state index in [2.05, 4.69) is 20.6 Å². The molecule has 0 saturated heterocycles. The Morgan fingerprint density at radius 2 is 1.80 bits per heavy atom. The van der Waals surface area contributed by atoms with E-state index in [-0.39, 0.29) is 5.95 Å². The van der Waals surface area contributed by atoms with Crippen LogP contribution in [0.3, 0.4) is 0 Å². The Bertz CT molecular complexity index is 402. The van der Waals surface area contributed by atoms with Gasteiger partial charge in [0.15, 0.2) is 5.82 Å². The number of hydrogen-bond acceptors (Lipinski definition) is 8. The summed E-state index contributed by atoms with van der Waals surface area (Å²) in [5, 5.41) is 6.14. The van der Waals surface area contributed by atoms with Crippen LogP contribution in [0.25, 0.3) is 0 Å². The monoisotopic (exact) mass is 284 g/mol. The molecule has 0 aliphatic rings. The molecular formula is C12H24N6O2. The van der Waals surface area contributed by atoms with Gasteiger partial charge in [-0.3, -0.25) is 0 Å². The summed E-state index contributed by atoms with van der Waals surface area (Å²) in [7, 11) is 3.41. The standard InChI is InChI=1S/C12H24N6O2/c1-15-10-9(13)11(18-12(14)17-10)20-8-4-6-16-5-3-7-19-2/h16H,3-8,13H2,1-2H3,(H3,14,15,17,18). The molecule has 0 aliphatic carbocycles. The molecule has 0 spiro atoms. The molecule has 1 heterocycles. The minimum absolute atomic E-state index is 0.135. The summed E-state index contributed by atoms with van der Waals surface area (Å²) >= 11 is 0. The lowest BCUT2D eigenvalue weighted by molar-refractivity contribution is 0.194. The van der Waals surface area contributed by atoms with Crippen molar-refractivity contribution in [2.75, 3.05) is 57.2 Å². The van der Waals surface area contributed by atoms with Gasteiger partial charge in [0.05, 0.1) is 6.61 Å². The summed E-state index contributed by atoms with van der Waals surface area (Å²) < 4.78 is 10.5. The van der Waals surface area contributed by atoms with Crippen LogP contribution in [0.5, 0.6) is 5.88 Å². The van der Waals surface area contributed by atoms with Gasteiger partial charge in [0.2, 0.25) is 11.8 Å². The van der Waals surface area contributed by atoms with Crippen LogP contribution in [-0.2, 0) is 4.74 Å². The Labute approximate surface area is 119 Å². The molecule has 8 nitrogen and oxygen atoms in total. The summed E-state index contributed by atoms with van der Waals surface area (Å²) in [5.41, 5.74) is 11.8. The number of anilines is 3. The van der Waals surface area contributed by atoms with E-state index in [0.717, 1.165) is 32.5 Å². The lowest BCUT2D eigenvalue weighted by Gasteiger charge is -2.11. The van der Waals surface area contributed by atoms with Crippen molar-refractivity contribution < 1.29 is 9.47 Å². The Morgan fingerprint density at radius 3 is 2.45 bits per heavy atom. The van der Waals surface area contributed by atoms with Crippen LogP contribution < -0.4 is 26.8 Å². The highest BCUT2D eigenvalue weighted by atomic mass is 16.5. The van der Waals surface area contributed by atoms with Gasteiger partial charge in [-0.25, -0.2) is 0 Å². The maximum absolute atomic E-state index is 5.86. The van der Waals surface area contributed by atoms with Gasteiger partial charge >= 0.3 is 0 Å². The third-order valence-electron chi connectivity index (χ3n) is 2.60. The van der Waals surface area contributed by atoms with Crippen LogP contribution >= 0.6 is 0 Å². The first-order valence-electron chi connectivity index (χ1n) is 6.62. The molecule has 6 N–H and O–H groups in total. The number of nitrogens with two attached hydrogens (primary N) is 2. The van der Waals surface area contributed by atoms with Crippen LogP contribution in [0.4, 0.5) is 17.5 Å². The second-order valence-corrected chi connectivity index (χ2v) is 4.20. The highest BCUT2D eigenvalue weighted by Crippen LogP contribution is 2.26. The van der Waals surface area contributed by atoms with Crippen molar-refractivity contribution in [3.05, 3.63) is 0 Å². The predicted octanol–water partition coefficient (Wildman–Crippen LogP) is 0.0777. The van der Waals surface area contributed by atoms with Crippen molar-refractivity contribution in [2.24, 2.45) is 0 Å². The van der Waals surface area contributed by atoms with Gasteiger partial charge in [-0.1, -0.05) is 0 Å². The van der Waals surface area contributed by atoms with Gasteiger partial charge in [-0.2, -0.15) is 9.97 Å². The SMILES string of the molecule is CNc1nc(N)nc(OCCCNCCCOC)c1N. The average molecular weight is 284 g/mol. The van der Waals surface area contributed by atoms with Crippen LogP contribution in [0.15, 0.2) is 0 Å². The lowest BCUT2D eigenvalue weighted by Crippen LogP contribution is -2.20. The number of ether oxygens (including phenoxy) is 2. The Hall–Kier alpha value is -1.80. The third-order valence-corrected chi connectivity index (χ3v) is 2.60. The first-order valence-corrected chi connectivity index (χ1v) is 6.62. The van der Waals surface area contributed by atoms with Gasteiger partial charge in [0.1, 0.15) is 5.69 Å². The molecule has 1 aromatic heterocycles. The molecule has 0 aliphatic heterocycles. The predicted molar refractivity (Wildman–Crippen MR) is 79.9 cm³/mol. The van der Waals surface area contributed by atoms with Gasteiger partial charge in [-0.05, 0) is 25.9 Å². The van der Waals surface area contributed by atoms with E-state index in [1.165, 1.54) is 0 Å². The van der Waals surface area contributed by atoms with Gasteiger partial charge in [0, 0.05) is 20.8 Å². The van der Waals surface area contributed by atoms with E-state index in [1.54, 1.807) is 14.2 Å². The highest BCUT2D eigenvalue weighted by Gasteiger charge is 2.10. The van der Waals surface area contributed by atoms with Crippen molar-refractivity contribution in [2.45, 2.75) is 12.8 Å². The molecule has 0 saturated carbocycles. The fourth-order valence-corrected chi connectivity index (χ4v) is 1.60. The molecule has 0 fully saturated rings. The topological polar surface area (TPSA) is 120 Å². The normalized spacial score (nSPS) is 10.5. The van der Waals surface area contributed by atoms with E-state index >= 15 is 0 Å². The zero-order valence-corrected chi connectivity index (χ0v) is 12.1. The molecule has 1 aromatic rings. The molecule has 0 amide bonds. The number of nitrogens with one attached hydrogen (secondary N) is 2. The van der Waals surface area contributed by atoms with Crippen LogP contribution in [-0.4, -0.2) is 50.4 Å². The zero-order chi connectivity index (χ0) is 14.8. The molecule has 0 radical (unpaired) electrons. The van der Waals surface area contributed by atoms with Crippen molar-refractivity contribution in [3.8, 4) is 5.88 Å². The second kappa shape index (κ2) is 9.16. The second-order valence-electron chi connectivity index (χ2n) is 4.20. The van der Waals surface area contributed by atoms with Gasteiger partial charge in [0.25, 0.3) is 0 Å². The Morgan fingerprint density at radius 1 is 1.10 bits per heavy atom. The summed E-state index contributed by atoms with van der Waals surface area (Å²) in [5.74, 6) is 0.933. The largest absolute Gasteiger partial charge is 0.476 e. The number of nitrogen functional groups attached to an aromatic ring is 2. The molecule has 0 bridgehead atoms. The molecule has 0 unspecified atom stereocenters. The Balaban J connectivity index is 2.27. The first kappa shape index (κ1) is 16.3. The van der Waals surface area contributed by atoms with Crippen molar-refractivity contribution >= 4 is 17.5 Å². The van der Waals surface area contributed by atoms with E-state index in [4.69, 9.17) is 20.9 Å². The minimum atomic E-state index is 0.135. The third kappa shape index (κ3) is 5.45. The fraction of sp³-hybridized carbons (Fsp3) is 0.667. The number of nitrogens with zero attached hydrogens (tertiary/aromatic N) is 2. The van der Waals surface area contributed by atoms with Crippen LogP contribution in [0.2, 0.25) is 0 Å². The molecule has 1 rings (SSSR count). The smallest absolute Gasteiger partial charge is 0.244 e. The van der Waals surface area contributed by atoms with Gasteiger partial charge < -0.3 is 31.6 Å². The molecule has 20 heavy (non-hydrogen) atoms. The minimum Gasteiger partial charge on any atom is -0.476 e. The maximum atomic E-state index is 5.86. The summed E-state index contributed by atoms with van der Waals surface area (Å²) in [6.07, 6.45) is 1.85. The quantitative estimate of drug-likeness (QED) is 0.446. The molecule has 114 valence electrons. The van der Waals surface area contributed by atoms with Crippen molar-refractivity contribution in [1.82, 2.24) is 15.3 Å². The van der Waals surface area contributed by atoms with Crippen molar-refractivity contribution in [1.29, 1.82) is 0 Å². The fourth-order valence-electron chi connectivity index (χ4n) is 1.60.